The molecule has 1 aromatic heterocycles. The third-order valence-corrected chi connectivity index (χ3v) is 4.56. The van der Waals surface area contributed by atoms with Gasteiger partial charge in [0.05, 0.1) is 27.3 Å². The predicted molar refractivity (Wildman–Crippen MR) is 101 cm³/mol. The normalized spacial score (nSPS) is 14.4. The Morgan fingerprint density at radius 1 is 1.07 bits per heavy atom. The lowest BCUT2D eigenvalue weighted by molar-refractivity contribution is -0.894. The zero-order valence-electron chi connectivity index (χ0n) is 15.5. The summed E-state index contributed by atoms with van der Waals surface area (Å²) in [7, 11) is 3.17. The fraction of sp³-hybridized carbons (Fsp3) is 0.300. The van der Waals surface area contributed by atoms with Crippen LogP contribution in [0.1, 0.15) is 5.56 Å². The Balaban J connectivity index is 1.60. The smallest absolute Gasteiger partial charge is 0.316 e. The number of piperazine rings is 1. The van der Waals surface area contributed by atoms with Crippen LogP contribution >= 0.6 is 0 Å². The molecule has 1 aromatic carbocycles. The number of hydrogen-bond acceptors (Lipinski definition) is 5. The first-order valence-electron chi connectivity index (χ1n) is 8.76. The Morgan fingerprint density at radius 3 is 2.48 bits per heavy atom. The fourth-order valence-electron chi connectivity index (χ4n) is 3.06. The third kappa shape index (κ3) is 4.31. The molecule has 2 aromatic rings. The molecule has 0 bridgehead atoms. The molecule has 3 rings (SSSR count). The highest BCUT2D eigenvalue weighted by Crippen LogP contribution is 2.28. The Bertz CT molecular complexity index is 830. The average Bonchev–Trinajstić information content (AvgIpc) is 2.72. The Kier molecular flexibility index (Phi) is 5.80. The van der Waals surface area contributed by atoms with Gasteiger partial charge in [0.2, 0.25) is 5.91 Å². The van der Waals surface area contributed by atoms with Crippen LogP contribution in [0.3, 0.4) is 0 Å². The van der Waals surface area contributed by atoms with Gasteiger partial charge in [-0.25, -0.2) is 0 Å². The van der Waals surface area contributed by atoms with Crippen LogP contribution in [0.4, 0.5) is 5.82 Å². The van der Waals surface area contributed by atoms with Crippen LogP contribution in [0.2, 0.25) is 0 Å². The first-order chi connectivity index (χ1) is 13.1. The summed E-state index contributed by atoms with van der Waals surface area (Å²) in [5, 5.41) is 9.89. The van der Waals surface area contributed by atoms with E-state index in [2.05, 4.69) is 4.90 Å². The Morgan fingerprint density at radius 2 is 1.81 bits per heavy atom. The molecule has 1 amide bonds. The number of carbonyl (C=O) groups is 1. The summed E-state index contributed by atoms with van der Waals surface area (Å²) < 4.78 is 11.6. The molecule has 7 heteroatoms. The number of rotatable bonds is 5. The van der Waals surface area contributed by atoms with Crippen LogP contribution in [-0.4, -0.2) is 56.4 Å². The molecule has 0 radical (unpaired) electrons. The number of carbonyl (C=O) groups excluding carboxylic acids is 1. The number of anilines is 1. The second kappa shape index (κ2) is 8.44. The topological polar surface area (TPSA) is 66.1 Å². The van der Waals surface area contributed by atoms with Gasteiger partial charge in [-0.05, 0) is 29.8 Å². The summed E-state index contributed by atoms with van der Waals surface area (Å²) in [5.74, 6) is 1.97. The lowest BCUT2D eigenvalue weighted by atomic mass is 10.2. The summed E-state index contributed by atoms with van der Waals surface area (Å²) in [5.41, 5.74) is 0.866. The minimum Gasteiger partial charge on any atom is -0.493 e. The molecule has 1 aliphatic rings. The quantitative estimate of drug-likeness (QED) is 0.492. The molecule has 0 unspecified atom stereocenters. The monoisotopic (exact) mass is 370 g/mol. The van der Waals surface area contributed by atoms with Crippen LogP contribution in [0.15, 0.2) is 48.7 Å². The zero-order chi connectivity index (χ0) is 19.2. The molecule has 1 N–H and O–H groups in total. The molecular formula is C20H24N3O4+. The molecule has 0 spiro atoms. The van der Waals surface area contributed by atoms with Gasteiger partial charge in [-0.2, -0.15) is 0 Å². The van der Waals surface area contributed by atoms with Gasteiger partial charge in [0.15, 0.2) is 11.5 Å². The fourth-order valence-corrected chi connectivity index (χ4v) is 3.06. The Labute approximate surface area is 158 Å². The van der Waals surface area contributed by atoms with Crippen LogP contribution in [0.25, 0.3) is 6.08 Å². The maximum atomic E-state index is 12.5. The van der Waals surface area contributed by atoms with Crippen molar-refractivity contribution >= 4 is 17.8 Å². The van der Waals surface area contributed by atoms with Crippen molar-refractivity contribution in [3.63, 3.8) is 0 Å². The lowest BCUT2D eigenvalue weighted by Gasteiger charge is -2.30. The molecule has 1 saturated heterocycles. The highest BCUT2D eigenvalue weighted by molar-refractivity contribution is 5.92. The molecular weight excluding hydrogens is 346 g/mol. The van der Waals surface area contributed by atoms with Crippen LogP contribution < -0.4 is 19.1 Å². The lowest BCUT2D eigenvalue weighted by Crippen LogP contribution is -2.51. The van der Waals surface area contributed by atoms with Gasteiger partial charge in [0, 0.05) is 12.1 Å². The number of hydrogen-bond donors (Lipinski definition) is 1. The molecule has 1 fully saturated rings. The molecule has 27 heavy (non-hydrogen) atoms. The molecule has 7 nitrogen and oxygen atoms in total. The van der Waals surface area contributed by atoms with E-state index in [1.165, 1.54) is 0 Å². The zero-order valence-corrected chi connectivity index (χ0v) is 15.5. The van der Waals surface area contributed by atoms with Gasteiger partial charge in [-0.15, -0.1) is 0 Å². The van der Waals surface area contributed by atoms with Crippen molar-refractivity contribution < 1.29 is 24.2 Å². The van der Waals surface area contributed by atoms with E-state index in [1.54, 1.807) is 43.5 Å². The van der Waals surface area contributed by atoms with E-state index < -0.39 is 0 Å². The van der Waals surface area contributed by atoms with Gasteiger partial charge >= 0.3 is 5.82 Å². The van der Waals surface area contributed by atoms with Crippen LogP contribution in [-0.2, 0) is 4.79 Å². The van der Waals surface area contributed by atoms with Crippen molar-refractivity contribution in [1.29, 1.82) is 0 Å². The third-order valence-electron chi connectivity index (χ3n) is 4.56. The first-order valence-corrected chi connectivity index (χ1v) is 8.76. The average molecular weight is 370 g/mol. The number of benzene rings is 1. The largest absolute Gasteiger partial charge is 0.493 e. The van der Waals surface area contributed by atoms with Crippen LogP contribution in [0.5, 0.6) is 11.5 Å². The number of ether oxygens (including phenoxy) is 2. The summed E-state index contributed by atoms with van der Waals surface area (Å²) in [6, 6.07) is 11.0. The highest BCUT2D eigenvalue weighted by Gasteiger charge is 2.26. The maximum absolute atomic E-state index is 12.5. The number of amides is 1. The van der Waals surface area contributed by atoms with E-state index in [-0.39, 0.29) is 5.91 Å². The second-order valence-electron chi connectivity index (χ2n) is 6.16. The summed E-state index contributed by atoms with van der Waals surface area (Å²) in [6.07, 6.45) is 4.94. The number of pyridine rings is 1. The van der Waals surface area contributed by atoms with E-state index >= 15 is 0 Å². The van der Waals surface area contributed by atoms with E-state index in [1.807, 2.05) is 30.3 Å². The summed E-state index contributed by atoms with van der Waals surface area (Å²) in [6.45, 7) is 2.54. The second-order valence-corrected chi connectivity index (χ2v) is 6.16. The minimum atomic E-state index is -0.0330. The maximum Gasteiger partial charge on any atom is 0.316 e. The van der Waals surface area contributed by atoms with E-state index in [9.17, 15) is 10.0 Å². The SMILES string of the molecule is COc1ccc(/C=C/C(=O)N2CCN(c3cccc[n+]3O)CC2)cc1OC. The minimum absolute atomic E-state index is 0.0330. The van der Waals surface area contributed by atoms with Crippen molar-refractivity contribution in [2.75, 3.05) is 45.3 Å². The van der Waals surface area contributed by atoms with Crippen LogP contribution in [0, 0.1) is 0 Å². The van der Waals surface area contributed by atoms with E-state index in [0.717, 1.165) is 16.1 Å². The van der Waals surface area contributed by atoms with Crippen molar-refractivity contribution in [2.24, 2.45) is 0 Å². The molecule has 2 heterocycles. The van der Waals surface area contributed by atoms with Crippen molar-refractivity contribution in [3.05, 3.63) is 54.2 Å². The van der Waals surface area contributed by atoms with E-state index in [0.29, 0.717) is 37.7 Å². The van der Waals surface area contributed by atoms with Crippen molar-refractivity contribution in [1.82, 2.24) is 4.90 Å². The Hall–Kier alpha value is -3.22. The molecule has 0 saturated carbocycles. The van der Waals surface area contributed by atoms with E-state index in [4.69, 9.17) is 9.47 Å². The standard InChI is InChI=1S/C20H24N3O4/c1-26-17-8-6-16(15-18(17)27-2)7-9-20(24)22-13-11-21(12-14-22)19-5-3-4-10-23(19)25/h3-10,15,25H,11-14H2,1-2H3/q+1/b9-7+. The number of methoxy groups -OCH3 is 2. The highest BCUT2D eigenvalue weighted by atomic mass is 16.5. The molecule has 1 aliphatic heterocycles. The van der Waals surface area contributed by atoms with Gasteiger partial charge < -0.3 is 19.6 Å². The first kappa shape index (κ1) is 18.6. The van der Waals surface area contributed by atoms with Gasteiger partial charge in [-0.3, -0.25) is 9.69 Å². The predicted octanol–water partition coefficient (Wildman–Crippen LogP) is 1.59. The number of nitrogens with zero attached hydrogens (tertiary/aromatic N) is 3. The van der Waals surface area contributed by atoms with Gasteiger partial charge in [0.25, 0.3) is 0 Å². The molecule has 142 valence electrons. The van der Waals surface area contributed by atoms with Crippen molar-refractivity contribution in [2.45, 2.75) is 0 Å². The van der Waals surface area contributed by atoms with Crippen molar-refractivity contribution in [3.8, 4) is 11.5 Å². The van der Waals surface area contributed by atoms with Gasteiger partial charge in [0.1, 0.15) is 19.3 Å². The summed E-state index contributed by atoms with van der Waals surface area (Å²) in [4.78, 5) is 16.3. The number of aromatic nitrogens is 1. The van der Waals surface area contributed by atoms with Gasteiger partial charge in [-0.1, -0.05) is 16.9 Å². The molecule has 0 aliphatic carbocycles. The molecule has 0 atom stereocenters. The summed E-state index contributed by atoms with van der Waals surface area (Å²) >= 11 is 0.